The Hall–Kier alpha value is -1.55. The Bertz CT molecular complexity index is 654. The van der Waals surface area contributed by atoms with Crippen LogP contribution >= 0.6 is 0 Å². The molecular formula is C23H33N3O. The maximum absolute atomic E-state index is 12.5. The molecule has 4 heteroatoms. The van der Waals surface area contributed by atoms with Gasteiger partial charge in [-0.25, -0.2) is 4.79 Å². The van der Waals surface area contributed by atoms with Crippen molar-refractivity contribution in [3.63, 3.8) is 0 Å². The second kappa shape index (κ2) is 7.46. The predicted molar refractivity (Wildman–Crippen MR) is 107 cm³/mol. The smallest absolute Gasteiger partial charge is 0.315 e. The van der Waals surface area contributed by atoms with Gasteiger partial charge in [-0.15, -0.1) is 0 Å². The molecule has 4 nitrogen and oxygen atoms in total. The predicted octanol–water partition coefficient (Wildman–Crippen LogP) is 3.91. The van der Waals surface area contributed by atoms with Crippen molar-refractivity contribution in [1.29, 1.82) is 0 Å². The Morgan fingerprint density at radius 2 is 1.63 bits per heavy atom. The normalized spacial score (nSPS) is 34.7. The fourth-order valence-electron chi connectivity index (χ4n) is 6.58. The quantitative estimate of drug-likeness (QED) is 0.829. The summed E-state index contributed by atoms with van der Waals surface area (Å²) in [5, 5.41) is 6.46. The van der Waals surface area contributed by atoms with E-state index in [1.807, 2.05) is 0 Å². The van der Waals surface area contributed by atoms with Crippen molar-refractivity contribution in [2.75, 3.05) is 13.1 Å². The number of urea groups is 1. The first-order valence-corrected chi connectivity index (χ1v) is 11.1. The molecule has 0 spiro atoms. The third-order valence-electron chi connectivity index (χ3n) is 7.57. The Balaban J connectivity index is 1.13. The number of rotatable bonds is 5. The number of likely N-dealkylation sites (tertiary alicyclic amines) is 1. The van der Waals surface area contributed by atoms with Crippen molar-refractivity contribution in [2.24, 2.45) is 23.7 Å². The molecule has 5 fully saturated rings. The number of carbonyl (C=O) groups is 1. The number of amides is 2. The van der Waals surface area contributed by atoms with Crippen molar-refractivity contribution in [2.45, 2.75) is 64.1 Å². The van der Waals surface area contributed by atoms with Crippen LogP contribution in [0.15, 0.2) is 24.3 Å². The molecule has 2 N–H and O–H groups in total. The number of nitrogens with one attached hydrogen (secondary N) is 2. The van der Waals surface area contributed by atoms with Gasteiger partial charge in [0, 0.05) is 19.1 Å². The number of hydrogen-bond donors (Lipinski definition) is 2. The lowest BCUT2D eigenvalue weighted by molar-refractivity contribution is -0.00942. The minimum atomic E-state index is 0.0254. The van der Waals surface area contributed by atoms with Crippen LogP contribution < -0.4 is 10.6 Å². The van der Waals surface area contributed by atoms with Gasteiger partial charge >= 0.3 is 6.03 Å². The van der Waals surface area contributed by atoms with Gasteiger partial charge in [-0.2, -0.15) is 0 Å². The van der Waals surface area contributed by atoms with Crippen molar-refractivity contribution in [3.8, 4) is 0 Å². The van der Waals surface area contributed by atoms with Crippen LogP contribution in [-0.4, -0.2) is 30.1 Å². The molecule has 1 aliphatic heterocycles. The standard InChI is InChI=1S/C23H33N3O/c27-23(25-22-20-10-18-9-19(12-20)13-21(22)11-18)24-14-16-4-3-5-17(8-16)15-26-6-1-2-7-26/h3-5,8,18-22H,1-2,6-7,9-15H2,(H2,24,25,27). The molecule has 27 heavy (non-hydrogen) atoms. The van der Waals surface area contributed by atoms with Gasteiger partial charge in [0.05, 0.1) is 0 Å². The minimum Gasteiger partial charge on any atom is -0.335 e. The van der Waals surface area contributed by atoms with Crippen LogP contribution in [0, 0.1) is 23.7 Å². The number of nitrogens with zero attached hydrogens (tertiary/aromatic N) is 1. The zero-order valence-electron chi connectivity index (χ0n) is 16.3. The van der Waals surface area contributed by atoms with E-state index in [2.05, 4.69) is 39.8 Å². The van der Waals surface area contributed by atoms with E-state index in [4.69, 9.17) is 0 Å². The van der Waals surface area contributed by atoms with Crippen LogP contribution in [0.5, 0.6) is 0 Å². The second-order valence-electron chi connectivity index (χ2n) is 9.59. The molecule has 0 unspecified atom stereocenters. The molecule has 1 aromatic rings. The number of hydrogen-bond acceptors (Lipinski definition) is 2. The molecule has 0 aromatic heterocycles. The SMILES string of the molecule is O=C(NCc1cccc(CN2CCCC2)c1)NC1C2CC3CC(C2)CC1C3. The first-order chi connectivity index (χ1) is 13.2. The van der Waals surface area contributed by atoms with Gasteiger partial charge in [0.15, 0.2) is 0 Å². The highest BCUT2D eigenvalue weighted by atomic mass is 16.2. The lowest BCUT2D eigenvalue weighted by Gasteiger charge is -2.54. The van der Waals surface area contributed by atoms with Gasteiger partial charge in [0.1, 0.15) is 0 Å². The molecule has 2 amide bonds. The first kappa shape index (κ1) is 17.5. The number of carbonyl (C=O) groups excluding carboxylic acids is 1. The molecule has 4 bridgehead atoms. The topological polar surface area (TPSA) is 44.4 Å². The maximum atomic E-state index is 12.5. The Labute approximate surface area is 163 Å². The van der Waals surface area contributed by atoms with Crippen molar-refractivity contribution < 1.29 is 4.79 Å². The fraction of sp³-hybridized carbons (Fsp3) is 0.696. The van der Waals surface area contributed by atoms with E-state index in [-0.39, 0.29) is 6.03 Å². The van der Waals surface area contributed by atoms with Gasteiger partial charge < -0.3 is 10.6 Å². The largest absolute Gasteiger partial charge is 0.335 e. The highest BCUT2D eigenvalue weighted by Gasteiger charge is 2.48. The molecular weight excluding hydrogens is 334 g/mol. The molecule has 1 saturated heterocycles. The molecule has 6 rings (SSSR count). The monoisotopic (exact) mass is 367 g/mol. The van der Waals surface area contributed by atoms with Crippen LogP contribution in [0.25, 0.3) is 0 Å². The molecule has 4 saturated carbocycles. The maximum Gasteiger partial charge on any atom is 0.315 e. The van der Waals surface area contributed by atoms with Crippen LogP contribution in [0.2, 0.25) is 0 Å². The van der Waals surface area contributed by atoms with E-state index in [1.54, 1.807) is 0 Å². The summed E-state index contributed by atoms with van der Waals surface area (Å²) in [6.45, 7) is 4.09. The summed E-state index contributed by atoms with van der Waals surface area (Å²) >= 11 is 0. The van der Waals surface area contributed by atoms with Crippen molar-refractivity contribution >= 4 is 6.03 Å². The fourth-order valence-corrected chi connectivity index (χ4v) is 6.58. The average molecular weight is 368 g/mol. The summed E-state index contributed by atoms with van der Waals surface area (Å²) in [7, 11) is 0. The molecule has 1 aromatic carbocycles. The minimum absolute atomic E-state index is 0.0254. The third kappa shape index (κ3) is 3.87. The van der Waals surface area contributed by atoms with Gasteiger partial charge in [-0.3, -0.25) is 4.90 Å². The molecule has 146 valence electrons. The summed E-state index contributed by atoms with van der Waals surface area (Å²) in [6, 6.07) is 9.14. The summed E-state index contributed by atoms with van der Waals surface area (Å²) in [5.74, 6) is 3.37. The highest BCUT2D eigenvalue weighted by molar-refractivity contribution is 5.74. The van der Waals surface area contributed by atoms with Gasteiger partial charge in [-0.1, -0.05) is 24.3 Å². The van der Waals surface area contributed by atoms with E-state index >= 15 is 0 Å². The molecule has 0 radical (unpaired) electrons. The molecule has 0 atom stereocenters. The van der Waals surface area contributed by atoms with Crippen molar-refractivity contribution in [3.05, 3.63) is 35.4 Å². The molecule has 5 aliphatic rings. The zero-order valence-corrected chi connectivity index (χ0v) is 16.3. The van der Waals surface area contributed by atoms with Crippen LogP contribution in [0.4, 0.5) is 4.79 Å². The summed E-state index contributed by atoms with van der Waals surface area (Å²) in [6.07, 6.45) is 9.48. The van der Waals surface area contributed by atoms with E-state index in [9.17, 15) is 4.79 Å². The van der Waals surface area contributed by atoms with Gasteiger partial charge in [0.25, 0.3) is 0 Å². The molecule has 4 aliphatic carbocycles. The summed E-state index contributed by atoms with van der Waals surface area (Å²) < 4.78 is 0. The third-order valence-corrected chi connectivity index (χ3v) is 7.57. The highest BCUT2D eigenvalue weighted by Crippen LogP contribution is 2.53. The average Bonchev–Trinajstić information content (AvgIpc) is 3.16. The Morgan fingerprint density at radius 1 is 0.963 bits per heavy atom. The van der Waals surface area contributed by atoms with E-state index in [0.717, 1.165) is 30.2 Å². The lowest BCUT2D eigenvalue weighted by Crippen LogP contribution is -2.57. The molecule has 1 heterocycles. The van der Waals surface area contributed by atoms with Crippen LogP contribution in [0.3, 0.4) is 0 Å². The zero-order chi connectivity index (χ0) is 18.2. The second-order valence-corrected chi connectivity index (χ2v) is 9.59. The van der Waals surface area contributed by atoms with Crippen molar-refractivity contribution in [1.82, 2.24) is 15.5 Å². The Morgan fingerprint density at radius 3 is 2.33 bits per heavy atom. The van der Waals surface area contributed by atoms with Crippen LogP contribution in [-0.2, 0) is 13.1 Å². The first-order valence-electron chi connectivity index (χ1n) is 11.1. The Kier molecular flexibility index (Phi) is 4.85. The van der Waals surface area contributed by atoms with E-state index in [0.29, 0.717) is 12.6 Å². The number of benzene rings is 1. The van der Waals surface area contributed by atoms with E-state index in [1.165, 1.54) is 69.2 Å². The van der Waals surface area contributed by atoms with Gasteiger partial charge in [-0.05, 0) is 92.8 Å². The lowest BCUT2D eigenvalue weighted by atomic mass is 9.54. The van der Waals surface area contributed by atoms with Gasteiger partial charge in [0.2, 0.25) is 0 Å². The van der Waals surface area contributed by atoms with E-state index < -0.39 is 0 Å². The van der Waals surface area contributed by atoms with Crippen LogP contribution in [0.1, 0.15) is 56.1 Å². The summed E-state index contributed by atoms with van der Waals surface area (Å²) in [5.41, 5.74) is 2.56. The summed E-state index contributed by atoms with van der Waals surface area (Å²) in [4.78, 5) is 15.1.